The number of carbonyl (C=O) groups is 3. The molecule has 1 aromatic rings. The number of aliphatic imine (C=N–C) groups is 1. The number of hydrogen-bond donors (Lipinski definition) is 2. The van der Waals surface area contributed by atoms with Crippen LogP contribution in [-0.4, -0.2) is 47.9 Å². The van der Waals surface area contributed by atoms with Gasteiger partial charge in [0.05, 0.1) is 24.9 Å². The topological polar surface area (TPSA) is 123 Å². The van der Waals surface area contributed by atoms with E-state index in [9.17, 15) is 14.4 Å². The second-order valence-corrected chi connectivity index (χ2v) is 7.84. The fraction of sp³-hybridized carbons (Fsp3) is 0.545. The first-order chi connectivity index (χ1) is 14.9. The number of nitrogens with zero attached hydrogens (tertiary/aromatic N) is 2. The molecule has 2 heterocycles. The number of guanidine groups is 1. The summed E-state index contributed by atoms with van der Waals surface area (Å²) in [6, 6.07) is 4.34. The zero-order valence-corrected chi connectivity index (χ0v) is 18.1. The van der Waals surface area contributed by atoms with Gasteiger partial charge in [0.1, 0.15) is 5.75 Å². The molecule has 168 valence electrons. The van der Waals surface area contributed by atoms with Crippen LogP contribution < -0.4 is 15.8 Å². The summed E-state index contributed by atoms with van der Waals surface area (Å²) in [7, 11) is 0. The van der Waals surface area contributed by atoms with E-state index in [0.29, 0.717) is 19.2 Å². The maximum atomic E-state index is 12.1. The lowest BCUT2D eigenvalue weighted by Crippen LogP contribution is -2.47. The number of fused-ring (bicyclic) bond motifs is 2. The second kappa shape index (κ2) is 10.3. The van der Waals surface area contributed by atoms with Crippen LogP contribution in [-0.2, 0) is 19.1 Å². The normalized spacial score (nSPS) is 19.2. The van der Waals surface area contributed by atoms with Crippen molar-refractivity contribution in [3.05, 3.63) is 23.8 Å². The summed E-state index contributed by atoms with van der Waals surface area (Å²) in [6.07, 6.45) is 6.22. The molecule has 0 radical (unpaired) electrons. The smallest absolute Gasteiger partial charge is 0.302 e. The van der Waals surface area contributed by atoms with Crippen molar-refractivity contribution in [1.82, 2.24) is 10.2 Å². The first kappa shape index (κ1) is 22.6. The van der Waals surface area contributed by atoms with Crippen LogP contribution in [0.1, 0.15) is 64.0 Å². The lowest BCUT2D eigenvalue weighted by Gasteiger charge is -2.33. The molecule has 0 bridgehead atoms. The van der Waals surface area contributed by atoms with Crippen LogP contribution >= 0.6 is 0 Å². The highest BCUT2D eigenvalue weighted by molar-refractivity contribution is 6.17. The Labute approximate surface area is 182 Å². The van der Waals surface area contributed by atoms with E-state index >= 15 is 0 Å². The number of unbranched alkanes of at least 4 members (excludes halogenated alkanes) is 5. The van der Waals surface area contributed by atoms with Crippen LogP contribution in [0.2, 0.25) is 0 Å². The molecule has 2 atom stereocenters. The molecule has 1 fully saturated rings. The first-order valence-electron chi connectivity index (χ1n) is 10.8. The molecule has 2 aliphatic heterocycles. The van der Waals surface area contributed by atoms with Gasteiger partial charge in [-0.15, -0.1) is 0 Å². The van der Waals surface area contributed by atoms with Crippen molar-refractivity contribution in [2.45, 2.75) is 64.5 Å². The monoisotopic (exact) mass is 430 g/mol. The van der Waals surface area contributed by atoms with Crippen LogP contribution in [0, 0.1) is 0 Å². The van der Waals surface area contributed by atoms with Crippen molar-refractivity contribution < 1.29 is 23.9 Å². The number of primary amides is 1. The van der Waals surface area contributed by atoms with E-state index in [4.69, 9.17) is 15.2 Å². The summed E-state index contributed by atoms with van der Waals surface area (Å²) < 4.78 is 10.8. The predicted octanol–water partition coefficient (Wildman–Crippen LogP) is 2.32. The van der Waals surface area contributed by atoms with Crippen LogP contribution in [0.4, 0.5) is 5.69 Å². The van der Waals surface area contributed by atoms with Gasteiger partial charge in [-0.05, 0) is 38.0 Å². The van der Waals surface area contributed by atoms with Crippen molar-refractivity contribution in [2.24, 2.45) is 10.7 Å². The Morgan fingerprint density at radius 2 is 1.81 bits per heavy atom. The Kier molecular flexibility index (Phi) is 7.49. The van der Waals surface area contributed by atoms with Crippen molar-refractivity contribution in [3.8, 4) is 5.75 Å². The molecule has 31 heavy (non-hydrogen) atoms. The molecular weight excluding hydrogens is 400 g/mol. The van der Waals surface area contributed by atoms with E-state index in [1.54, 1.807) is 4.90 Å². The summed E-state index contributed by atoms with van der Waals surface area (Å²) in [5.41, 5.74) is 7.04. The quantitative estimate of drug-likeness (QED) is 0.315. The minimum Gasteiger partial charge on any atom is -0.494 e. The maximum Gasteiger partial charge on any atom is 0.302 e. The van der Waals surface area contributed by atoms with E-state index in [0.717, 1.165) is 55.5 Å². The number of esters is 1. The second-order valence-electron chi connectivity index (χ2n) is 7.84. The van der Waals surface area contributed by atoms with Crippen molar-refractivity contribution in [1.29, 1.82) is 0 Å². The number of carbonyl (C=O) groups excluding carboxylic acids is 3. The summed E-state index contributed by atoms with van der Waals surface area (Å²) in [6.45, 7) is 4.45. The zero-order valence-electron chi connectivity index (χ0n) is 18.1. The minimum atomic E-state index is -1.06. The number of amides is 2. The van der Waals surface area contributed by atoms with E-state index in [1.807, 2.05) is 25.1 Å². The number of nitrogens with two attached hydrogens (primary N) is 1. The fourth-order valence-corrected chi connectivity index (χ4v) is 3.89. The lowest BCUT2D eigenvalue weighted by atomic mass is 10.0. The SMILES string of the molecule is CC(=O)OCCCCCCCCOc1ccc2c(c1)C(C)N1C(=N2)NC(=O)C1C(N)=O. The van der Waals surface area contributed by atoms with Crippen LogP contribution in [0.5, 0.6) is 5.75 Å². The predicted molar refractivity (Wildman–Crippen MR) is 115 cm³/mol. The third-order valence-corrected chi connectivity index (χ3v) is 5.48. The van der Waals surface area contributed by atoms with Gasteiger partial charge in [0.2, 0.25) is 11.9 Å². The highest BCUT2D eigenvalue weighted by Crippen LogP contribution is 2.39. The van der Waals surface area contributed by atoms with E-state index in [1.165, 1.54) is 6.92 Å². The van der Waals surface area contributed by atoms with E-state index < -0.39 is 17.9 Å². The Bertz CT molecular complexity index is 869. The van der Waals surface area contributed by atoms with Gasteiger partial charge in [-0.2, -0.15) is 0 Å². The molecule has 2 unspecified atom stereocenters. The molecule has 2 aliphatic rings. The standard InChI is InChI=1S/C22H30N4O5/c1-14-17-13-16(31-12-8-6-4-3-5-7-11-30-15(2)27)9-10-18(17)24-22-25-21(29)19(20(23)28)26(14)22/h9-10,13-14,19H,3-8,11-12H2,1-2H3,(H2,23,28)(H,24,25,29). The van der Waals surface area contributed by atoms with Gasteiger partial charge in [-0.3, -0.25) is 19.7 Å². The molecule has 0 aliphatic carbocycles. The number of benzene rings is 1. The third kappa shape index (κ3) is 5.53. The van der Waals surface area contributed by atoms with E-state index in [-0.39, 0.29) is 12.0 Å². The molecular formula is C22H30N4O5. The summed E-state index contributed by atoms with van der Waals surface area (Å²) in [5, 5.41) is 2.63. The maximum absolute atomic E-state index is 12.1. The number of hydrogen-bond acceptors (Lipinski definition) is 7. The Hall–Kier alpha value is -3.10. The van der Waals surface area contributed by atoms with Gasteiger partial charge >= 0.3 is 5.97 Å². The van der Waals surface area contributed by atoms with Gasteiger partial charge in [-0.1, -0.05) is 25.7 Å². The first-order valence-corrected chi connectivity index (χ1v) is 10.8. The average Bonchev–Trinajstić information content (AvgIpc) is 3.06. The number of rotatable bonds is 11. The lowest BCUT2D eigenvalue weighted by molar-refractivity contribution is -0.141. The van der Waals surface area contributed by atoms with Crippen LogP contribution in [0.15, 0.2) is 23.2 Å². The van der Waals surface area contributed by atoms with E-state index in [2.05, 4.69) is 10.3 Å². The Morgan fingerprint density at radius 3 is 2.48 bits per heavy atom. The molecule has 1 saturated heterocycles. The Morgan fingerprint density at radius 1 is 1.13 bits per heavy atom. The molecule has 3 N–H and O–H groups in total. The van der Waals surface area contributed by atoms with Gasteiger partial charge < -0.3 is 20.1 Å². The van der Waals surface area contributed by atoms with Gasteiger partial charge in [0.25, 0.3) is 5.91 Å². The summed E-state index contributed by atoms with van der Waals surface area (Å²) in [5.74, 6) is -0.278. The fourth-order valence-electron chi connectivity index (χ4n) is 3.89. The molecule has 9 nitrogen and oxygen atoms in total. The molecule has 3 rings (SSSR count). The van der Waals surface area contributed by atoms with Crippen molar-refractivity contribution in [3.63, 3.8) is 0 Å². The molecule has 0 aromatic heterocycles. The van der Waals surface area contributed by atoms with Gasteiger partial charge in [0, 0.05) is 12.5 Å². The molecule has 9 heteroatoms. The van der Waals surface area contributed by atoms with Gasteiger partial charge in [-0.25, -0.2) is 4.99 Å². The van der Waals surface area contributed by atoms with Crippen LogP contribution in [0.25, 0.3) is 0 Å². The highest BCUT2D eigenvalue weighted by Gasteiger charge is 2.45. The van der Waals surface area contributed by atoms with Crippen molar-refractivity contribution >= 4 is 29.4 Å². The number of ether oxygens (including phenoxy) is 2. The molecule has 0 spiro atoms. The highest BCUT2D eigenvalue weighted by atomic mass is 16.5. The molecule has 0 saturated carbocycles. The Balaban J connectivity index is 1.45. The summed E-state index contributed by atoms with van der Waals surface area (Å²) in [4.78, 5) is 40.6. The largest absolute Gasteiger partial charge is 0.494 e. The third-order valence-electron chi connectivity index (χ3n) is 5.48. The zero-order chi connectivity index (χ0) is 22.4. The van der Waals surface area contributed by atoms with Gasteiger partial charge in [0.15, 0.2) is 6.04 Å². The average molecular weight is 431 g/mol. The number of nitrogens with one attached hydrogen (secondary N) is 1. The van der Waals surface area contributed by atoms with Crippen molar-refractivity contribution in [2.75, 3.05) is 13.2 Å². The van der Waals surface area contributed by atoms with Crippen LogP contribution in [0.3, 0.4) is 0 Å². The summed E-state index contributed by atoms with van der Waals surface area (Å²) >= 11 is 0. The minimum absolute atomic E-state index is 0.223. The molecule has 1 aromatic carbocycles. The molecule has 2 amide bonds.